The van der Waals surface area contributed by atoms with E-state index in [1.54, 1.807) is 0 Å². The Morgan fingerprint density at radius 2 is 2.20 bits per heavy atom. The fourth-order valence-electron chi connectivity index (χ4n) is 2.91. The van der Waals surface area contributed by atoms with Crippen LogP contribution in [0.5, 0.6) is 5.75 Å². The average molecular weight is 340 g/mol. The van der Waals surface area contributed by atoms with E-state index >= 15 is 0 Å². The first-order valence-electron chi connectivity index (χ1n) is 7.83. The summed E-state index contributed by atoms with van der Waals surface area (Å²) >= 11 is 3.56. The molecular weight excluding hydrogens is 314 g/mol. The number of nitrogens with one attached hydrogen (secondary N) is 1. The molecule has 2 unspecified atom stereocenters. The van der Waals surface area contributed by atoms with Gasteiger partial charge in [0.05, 0.1) is 6.61 Å². The van der Waals surface area contributed by atoms with Crippen LogP contribution >= 0.6 is 15.9 Å². The lowest BCUT2D eigenvalue weighted by Crippen LogP contribution is -2.33. The molecule has 1 aromatic rings. The molecule has 0 heterocycles. The van der Waals surface area contributed by atoms with E-state index in [1.165, 1.54) is 31.2 Å². The Morgan fingerprint density at radius 3 is 2.95 bits per heavy atom. The highest BCUT2D eigenvalue weighted by atomic mass is 79.9. The van der Waals surface area contributed by atoms with Gasteiger partial charge in [-0.05, 0) is 43.4 Å². The lowest BCUT2D eigenvalue weighted by atomic mass is 9.87. The van der Waals surface area contributed by atoms with E-state index in [0.29, 0.717) is 6.04 Å². The van der Waals surface area contributed by atoms with Crippen molar-refractivity contribution >= 4 is 15.9 Å². The van der Waals surface area contributed by atoms with Gasteiger partial charge >= 0.3 is 0 Å². The van der Waals surface area contributed by atoms with Crippen LogP contribution in [0.4, 0.5) is 0 Å². The molecule has 2 rings (SSSR count). The van der Waals surface area contributed by atoms with Crippen LogP contribution in [0.3, 0.4) is 0 Å². The highest BCUT2D eigenvalue weighted by Crippen LogP contribution is 2.26. The Morgan fingerprint density at radius 1 is 1.35 bits per heavy atom. The van der Waals surface area contributed by atoms with Crippen LogP contribution in [0.2, 0.25) is 0 Å². The molecule has 3 heteroatoms. The molecule has 1 N–H and O–H groups in total. The summed E-state index contributed by atoms with van der Waals surface area (Å²) in [5.41, 5.74) is 1.26. The Bertz CT molecular complexity index is 421. The number of ether oxygens (including phenoxy) is 1. The summed E-state index contributed by atoms with van der Waals surface area (Å²) in [6.45, 7) is 6.19. The zero-order chi connectivity index (χ0) is 14.4. The quantitative estimate of drug-likeness (QED) is 0.795. The summed E-state index contributed by atoms with van der Waals surface area (Å²) in [6.07, 6.45) is 6.40. The van der Waals surface area contributed by atoms with Crippen LogP contribution in [-0.4, -0.2) is 12.6 Å². The Kier molecular flexibility index (Phi) is 6.37. The third-order valence-corrected chi connectivity index (χ3v) is 4.50. The van der Waals surface area contributed by atoms with Crippen LogP contribution in [-0.2, 0) is 6.54 Å². The van der Waals surface area contributed by atoms with E-state index in [9.17, 15) is 0 Å². The van der Waals surface area contributed by atoms with Gasteiger partial charge in [-0.2, -0.15) is 0 Å². The first-order chi connectivity index (χ1) is 9.69. The predicted octanol–water partition coefficient (Wildman–Crippen LogP) is 4.91. The maximum absolute atomic E-state index is 5.84. The van der Waals surface area contributed by atoms with E-state index < -0.39 is 0 Å². The smallest absolute Gasteiger partial charge is 0.123 e. The van der Waals surface area contributed by atoms with E-state index in [-0.39, 0.29) is 0 Å². The fourth-order valence-corrected chi connectivity index (χ4v) is 3.32. The Labute approximate surface area is 131 Å². The topological polar surface area (TPSA) is 21.3 Å². The van der Waals surface area contributed by atoms with Crippen molar-refractivity contribution < 1.29 is 4.74 Å². The van der Waals surface area contributed by atoms with Crippen molar-refractivity contribution in [1.82, 2.24) is 5.32 Å². The van der Waals surface area contributed by atoms with E-state index in [2.05, 4.69) is 53.3 Å². The third kappa shape index (κ3) is 4.78. The minimum Gasteiger partial charge on any atom is -0.493 e. The van der Waals surface area contributed by atoms with Crippen molar-refractivity contribution in [3.05, 3.63) is 28.2 Å². The van der Waals surface area contributed by atoms with Crippen molar-refractivity contribution in [2.24, 2.45) is 5.92 Å². The molecule has 0 spiro atoms. The Hall–Kier alpha value is -0.540. The number of hydrogen-bond donors (Lipinski definition) is 1. The molecule has 0 saturated heterocycles. The standard InChI is InChI=1S/C17H26BrNO/c1-3-9-20-17-8-7-15(18)11-14(17)12-19-16-6-4-5-13(2)10-16/h7-8,11,13,16,19H,3-6,9-10,12H2,1-2H3. The van der Waals surface area contributed by atoms with Gasteiger partial charge in [-0.3, -0.25) is 0 Å². The van der Waals surface area contributed by atoms with Crippen molar-refractivity contribution in [2.75, 3.05) is 6.61 Å². The summed E-state index contributed by atoms with van der Waals surface area (Å²) in [7, 11) is 0. The first kappa shape index (κ1) is 15.8. The molecule has 112 valence electrons. The van der Waals surface area contributed by atoms with Crippen LogP contribution < -0.4 is 10.1 Å². The third-order valence-electron chi connectivity index (χ3n) is 4.00. The van der Waals surface area contributed by atoms with Crippen LogP contribution in [0.25, 0.3) is 0 Å². The Balaban J connectivity index is 1.94. The van der Waals surface area contributed by atoms with Gasteiger partial charge in [-0.25, -0.2) is 0 Å². The summed E-state index contributed by atoms with van der Waals surface area (Å²) in [5.74, 6) is 1.88. The molecule has 1 saturated carbocycles. The number of hydrogen-bond acceptors (Lipinski definition) is 2. The predicted molar refractivity (Wildman–Crippen MR) is 88.2 cm³/mol. The molecule has 0 radical (unpaired) electrons. The summed E-state index contributed by atoms with van der Waals surface area (Å²) in [5, 5.41) is 3.71. The fraction of sp³-hybridized carbons (Fsp3) is 0.647. The largest absolute Gasteiger partial charge is 0.493 e. The van der Waals surface area contributed by atoms with Crippen LogP contribution in [0.15, 0.2) is 22.7 Å². The van der Waals surface area contributed by atoms with E-state index in [1.807, 2.05) is 0 Å². The van der Waals surface area contributed by atoms with Gasteiger partial charge in [0, 0.05) is 22.6 Å². The highest BCUT2D eigenvalue weighted by Gasteiger charge is 2.18. The summed E-state index contributed by atoms with van der Waals surface area (Å²) < 4.78 is 6.96. The SMILES string of the molecule is CCCOc1ccc(Br)cc1CNC1CCCC(C)C1. The molecule has 2 nitrogen and oxygen atoms in total. The van der Waals surface area contributed by atoms with E-state index in [0.717, 1.165) is 35.7 Å². The summed E-state index contributed by atoms with van der Waals surface area (Å²) in [4.78, 5) is 0. The van der Waals surface area contributed by atoms with E-state index in [4.69, 9.17) is 4.74 Å². The second-order valence-electron chi connectivity index (χ2n) is 5.95. The van der Waals surface area contributed by atoms with Gasteiger partial charge in [-0.1, -0.05) is 42.6 Å². The second kappa shape index (κ2) is 8.04. The van der Waals surface area contributed by atoms with Gasteiger partial charge in [0.15, 0.2) is 0 Å². The normalized spacial score (nSPS) is 22.8. The molecule has 1 fully saturated rings. The lowest BCUT2D eigenvalue weighted by molar-refractivity contribution is 0.293. The monoisotopic (exact) mass is 339 g/mol. The molecule has 1 aliphatic carbocycles. The van der Waals surface area contributed by atoms with Crippen molar-refractivity contribution in [3.63, 3.8) is 0 Å². The number of halogens is 1. The van der Waals surface area contributed by atoms with Crippen molar-refractivity contribution in [1.29, 1.82) is 0 Å². The van der Waals surface area contributed by atoms with Crippen LogP contribution in [0, 0.1) is 5.92 Å². The molecule has 0 bridgehead atoms. The number of benzene rings is 1. The average Bonchev–Trinajstić information content (AvgIpc) is 2.44. The first-order valence-corrected chi connectivity index (χ1v) is 8.63. The van der Waals surface area contributed by atoms with Gasteiger partial charge in [0.2, 0.25) is 0 Å². The van der Waals surface area contributed by atoms with Gasteiger partial charge in [-0.15, -0.1) is 0 Å². The van der Waals surface area contributed by atoms with Gasteiger partial charge in [0.25, 0.3) is 0 Å². The molecule has 0 aromatic heterocycles. The summed E-state index contributed by atoms with van der Waals surface area (Å²) in [6, 6.07) is 6.96. The zero-order valence-electron chi connectivity index (χ0n) is 12.6. The molecule has 1 aromatic carbocycles. The zero-order valence-corrected chi connectivity index (χ0v) is 14.2. The van der Waals surface area contributed by atoms with Crippen molar-refractivity contribution in [3.8, 4) is 5.75 Å². The molecule has 2 atom stereocenters. The minimum atomic E-state index is 0.664. The lowest BCUT2D eigenvalue weighted by Gasteiger charge is -2.28. The molecule has 0 amide bonds. The minimum absolute atomic E-state index is 0.664. The van der Waals surface area contributed by atoms with Crippen molar-refractivity contribution in [2.45, 2.75) is 58.5 Å². The highest BCUT2D eigenvalue weighted by molar-refractivity contribution is 9.10. The molecule has 20 heavy (non-hydrogen) atoms. The van der Waals surface area contributed by atoms with Crippen LogP contribution in [0.1, 0.15) is 51.5 Å². The number of rotatable bonds is 6. The molecular formula is C17H26BrNO. The second-order valence-corrected chi connectivity index (χ2v) is 6.87. The molecule has 0 aliphatic heterocycles. The van der Waals surface area contributed by atoms with Gasteiger partial charge in [0.1, 0.15) is 5.75 Å². The molecule has 1 aliphatic rings. The maximum atomic E-state index is 5.84. The maximum Gasteiger partial charge on any atom is 0.123 e. The van der Waals surface area contributed by atoms with Gasteiger partial charge < -0.3 is 10.1 Å².